The minimum absolute atomic E-state index is 0.178. The number of nitrogens with zero attached hydrogens (tertiary/aromatic N) is 2. The Hall–Kier alpha value is -2.76. The van der Waals surface area contributed by atoms with Crippen LogP contribution in [0.3, 0.4) is 0 Å². The smallest absolute Gasteiger partial charge is 0.272 e. The first kappa shape index (κ1) is 14.2. The van der Waals surface area contributed by atoms with E-state index in [1.54, 1.807) is 24.1 Å². The summed E-state index contributed by atoms with van der Waals surface area (Å²) in [6.45, 7) is 0.822. The molecule has 1 amide bonds. The van der Waals surface area contributed by atoms with Gasteiger partial charge in [0.05, 0.1) is 18.4 Å². The molecule has 1 unspecified atom stereocenters. The fourth-order valence-electron chi connectivity index (χ4n) is 2.27. The van der Waals surface area contributed by atoms with Gasteiger partial charge in [-0.3, -0.25) is 4.79 Å². The zero-order valence-electron chi connectivity index (χ0n) is 12.2. The molecular weight excluding hydrogens is 282 g/mol. The van der Waals surface area contributed by atoms with Crippen LogP contribution in [0.4, 0.5) is 5.69 Å². The molecule has 1 aromatic carbocycles. The lowest BCUT2D eigenvalue weighted by molar-refractivity contribution is 0.0517. The molecule has 1 aromatic heterocycles. The van der Waals surface area contributed by atoms with Crippen LogP contribution in [0.25, 0.3) is 0 Å². The van der Waals surface area contributed by atoms with E-state index < -0.39 is 0 Å². The molecule has 3 rings (SSSR count). The van der Waals surface area contributed by atoms with E-state index in [-0.39, 0.29) is 12.0 Å². The number of para-hydroxylation sites is 2. The Kier molecular flexibility index (Phi) is 3.82. The molecule has 0 saturated carbocycles. The molecule has 1 aliphatic rings. The molecule has 0 radical (unpaired) electrons. The third-order valence-electron chi connectivity index (χ3n) is 3.40. The van der Waals surface area contributed by atoms with Crippen molar-refractivity contribution in [1.82, 2.24) is 9.88 Å². The Morgan fingerprint density at radius 1 is 1.32 bits per heavy atom. The maximum atomic E-state index is 12.3. The molecule has 0 fully saturated rings. The van der Waals surface area contributed by atoms with Gasteiger partial charge >= 0.3 is 0 Å². The van der Waals surface area contributed by atoms with E-state index in [1.165, 1.54) is 6.20 Å². The molecule has 2 heterocycles. The van der Waals surface area contributed by atoms with Crippen LogP contribution in [0, 0.1) is 0 Å². The predicted molar refractivity (Wildman–Crippen MR) is 82.0 cm³/mol. The summed E-state index contributed by atoms with van der Waals surface area (Å²) in [7, 11) is 1.71. The van der Waals surface area contributed by atoms with Gasteiger partial charge in [-0.25, -0.2) is 4.98 Å². The second-order valence-corrected chi connectivity index (χ2v) is 5.16. The number of nitrogen functional groups attached to an aromatic ring is 1. The van der Waals surface area contributed by atoms with Gasteiger partial charge in [0.1, 0.15) is 12.3 Å². The lowest BCUT2D eigenvalue weighted by Gasteiger charge is -2.29. The number of ether oxygens (including phenoxy) is 2. The number of rotatable bonds is 3. The highest BCUT2D eigenvalue weighted by Gasteiger charge is 2.24. The van der Waals surface area contributed by atoms with E-state index in [1.807, 2.05) is 24.3 Å². The number of hydrogen-bond donors (Lipinski definition) is 1. The number of likely N-dealkylation sites (N-methyl/N-ethyl adjacent to an activating group) is 1. The molecule has 0 bridgehead atoms. The van der Waals surface area contributed by atoms with Crippen LogP contribution in [-0.2, 0) is 0 Å². The van der Waals surface area contributed by atoms with Crippen LogP contribution in [0.5, 0.6) is 11.5 Å². The Bertz CT molecular complexity index is 673. The molecule has 1 atom stereocenters. The van der Waals surface area contributed by atoms with Crippen molar-refractivity contribution in [3.63, 3.8) is 0 Å². The first-order valence-electron chi connectivity index (χ1n) is 6.99. The van der Waals surface area contributed by atoms with Gasteiger partial charge in [0.25, 0.3) is 5.91 Å². The maximum absolute atomic E-state index is 12.3. The first-order valence-corrected chi connectivity index (χ1v) is 6.99. The molecule has 1 aliphatic heterocycles. The first-order chi connectivity index (χ1) is 10.6. The highest BCUT2D eigenvalue weighted by molar-refractivity contribution is 5.92. The summed E-state index contributed by atoms with van der Waals surface area (Å²) in [5.74, 6) is 1.25. The molecule has 6 nitrogen and oxygen atoms in total. The maximum Gasteiger partial charge on any atom is 0.272 e. The molecule has 0 aliphatic carbocycles. The van der Waals surface area contributed by atoms with Gasteiger partial charge in [-0.15, -0.1) is 0 Å². The highest BCUT2D eigenvalue weighted by Crippen LogP contribution is 2.30. The van der Waals surface area contributed by atoms with Crippen molar-refractivity contribution in [2.45, 2.75) is 6.10 Å². The van der Waals surface area contributed by atoms with Crippen LogP contribution in [-0.4, -0.2) is 42.1 Å². The monoisotopic (exact) mass is 299 g/mol. The number of nitrogens with two attached hydrogens (primary N) is 1. The lowest BCUT2D eigenvalue weighted by Crippen LogP contribution is -2.42. The summed E-state index contributed by atoms with van der Waals surface area (Å²) in [5.41, 5.74) is 6.46. The number of carbonyl (C=O) groups is 1. The quantitative estimate of drug-likeness (QED) is 0.931. The summed E-state index contributed by atoms with van der Waals surface area (Å²) in [5, 5.41) is 0. The number of carbonyl (C=O) groups excluding carboxylic acids is 1. The minimum Gasteiger partial charge on any atom is -0.486 e. The average Bonchev–Trinajstić information content (AvgIpc) is 2.55. The van der Waals surface area contributed by atoms with E-state index in [2.05, 4.69) is 4.98 Å². The van der Waals surface area contributed by atoms with E-state index in [0.717, 1.165) is 5.75 Å². The Balaban J connectivity index is 1.64. The molecule has 22 heavy (non-hydrogen) atoms. The summed E-state index contributed by atoms with van der Waals surface area (Å²) < 4.78 is 11.5. The van der Waals surface area contributed by atoms with E-state index in [0.29, 0.717) is 30.3 Å². The number of pyridine rings is 1. The van der Waals surface area contributed by atoms with Crippen LogP contribution >= 0.6 is 0 Å². The Morgan fingerprint density at radius 3 is 2.82 bits per heavy atom. The number of benzene rings is 1. The second-order valence-electron chi connectivity index (χ2n) is 5.16. The van der Waals surface area contributed by atoms with Crippen LogP contribution < -0.4 is 15.2 Å². The molecule has 2 N–H and O–H groups in total. The highest BCUT2D eigenvalue weighted by atomic mass is 16.6. The van der Waals surface area contributed by atoms with Gasteiger partial charge < -0.3 is 20.1 Å². The van der Waals surface area contributed by atoms with Gasteiger partial charge in [-0.2, -0.15) is 0 Å². The zero-order valence-corrected chi connectivity index (χ0v) is 12.2. The van der Waals surface area contributed by atoms with Crippen molar-refractivity contribution in [1.29, 1.82) is 0 Å². The zero-order chi connectivity index (χ0) is 15.5. The van der Waals surface area contributed by atoms with Gasteiger partial charge in [-0.1, -0.05) is 12.1 Å². The van der Waals surface area contributed by atoms with Gasteiger partial charge in [-0.05, 0) is 24.3 Å². The van der Waals surface area contributed by atoms with E-state index in [9.17, 15) is 4.79 Å². The van der Waals surface area contributed by atoms with Crippen LogP contribution in [0.2, 0.25) is 0 Å². The molecule has 114 valence electrons. The lowest BCUT2D eigenvalue weighted by atomic mass is 10.2. The summed E-state index contributed by atoms with van der Waals surface area (Å²) in [6, 6.07) is 10.8. The number of anilines is 1. The molecule has 2 aromatic rings. The summed E-state index contributed by atoms with van der Waals surface area (Å²) in [6.07, 6.45) is 1.26. The SMILES string of the molecule is CN(CC1COc2ccccc2O1)C(=O)c1ccc(N)cn1. The number of hydrogen-bond acceptors (Lipinski definition) is 5. The number of aromatic nitrogens is 1. The van der Waals surface area contributed by atoms with Crippen molar-refractivity contribution >= 4 is 11.6 Å². The fourth-order valence-corrected chi connectivity index (χ4v) is 2.27. The Morgan fingerprint density at radius 2 is 2.09 bits per heavy atom. The third-order valence-corrected chi connectivity index (χ3v) is 3.40. The van der Waals surface area contributed by atoms with Crippen LogP contribution in [0.15, 0.2) is 42.6 Å². The van der Waals surface area contributed by atoms with Crippen molar-refractivity contribution in [3.05, 3.63) is 48.3 Å². The molecular formula is C16H17N3O3. The number of fused-ring (bicyclic) bond motifs is 1. The summed E-state index contributed by atoms with van der Waals surface area (Å²) in [4.78, 5) is 17.9. The Labute approximate surface area is 128 Å². The van der Waals surface area contributed by atoms with Crippen molar-refractivity contribution in [3.8, 4) is 11.5 Å². The normalized spacial score (nSPS) is 16.1. The van der Waals surface area contributed by atoms with Crippen molar-refractivity contribution < 1.29 is 14.3 Å². The molecule has 6 heteroatoms. The second kappa shape index (κ2) is 5.93. The van der Waals surface area contributed by atoms with E-state index >= 15 is 0 Å². The van der Waals surface area contributed by atoms with Crippen molar-refractivity contribution in [2.75, 3.05) is 25.9 Å². The molecule has 0 spiro atoms. The van der Waals surface area contributed by atoms with Gasteiger partial charge in [0, 0.05) is 7.05 Å². The largest absolute Gasteiger partial charge is 0.486 e. The predicted octanol–water partition coefficient (Wildman–Crippen LogP) is 1.58. The summed E-state index contributed by atoms with van der Waals surface area (Å²) >= 11 is 0. The van der Waals surface area contributed by atoms with E-state index in [4.69, 9.17) is 15.2 Å². The van der Waals surface area contributed by atoms with Gasteiger partial charge in [0.15, 0.2) is 17.6 Å². The topological polar surface area (TPSA) is 77.7 Å². The fraction of sp³-hybridized carbons (Fsp3) is 0.250. The molecule has 0 saturated heterocycles. The van der Waals surface area contributed by atoms with Gasteiger partial charge in [0.2, 0.25) is 0 Å². The minimum atomic E-state index is -0.211. The number of amides is 1. The third kappa shape index (κ3) is 2.95. The average molecular weight is 299 g/mol. The van der Waals surface area contributed by atoms with Crippen LogP contribution in [0.1, 0.15) is 10.5 Å². The van der Waals surface area contributed by atoms with Crippen molar-refractivity contribution in [2.24, 2.45) is 0 Å². The standard InChI is InChI=1S/C16H17N3O3/c1-19(16(20)13-7-6-11(17)8-18-13)9-12-10-21-14-4-2-3-5-15(14)22-12/h2-8,12H,9-10,17H2,1H3.